The van der Waals surface area contributed by atoms with Gasteiger partial charge in [-0.05, 0) is 38.8 Å². The summed E-state index contributed by atoms with van der Waals surface area (Å²) in [6.45, 7) is 7.58. The quantitative estimate of drug-likeness (QED) is 0.651. The molecule has 0 aliphatic carbocycles. The van der Waals surface area contributed by atoms with E-state index in [2.05, 4.69) is 0 Å². The third-order valence-corrected chi connectivity index (χ3v) is 3.10. The van der Waals surface area contributed by atoms with Crippen LogP contribution in [0, 0.1) is 0 Å². The van der Waals surface area contributed by atoms with Gasteiger partial charge in [0.15, 0.2) is 0 Å². The van der Waals surface area contributed by atoms with Crippen LogP contribution < -0.4 is 0 Å². The van der Waals surface area contributed by atoms with Crippen molar-refractivity contribution in [1.29, 1.82) is 0 Å². The lowest BCUT2D eigenvalue weighted by molar-refractivity contribution is 0.119. The van der Waals surface area contributed by atoms with E-state index >= 15 is 0 Å². The third-order valence-electron chi connectivity index (χ3n) is 3.10. The van der Waals surface area contributed by atoms with Gasteiger partial charge in [-0.2, -0.15) is 0 Å². The molecule has 120 valence electrons. The van der Waals surface area contributed by atoms with Gasteiger partial charge in [0.25, 0.3) is 0 Å². The summed E-state index contributed by atoms with van der Waals surface area (Å²) in [5, 5.41) is 18.4. The van der Waals surface area contributed by atoms with Crippen molar-refractivity contribution in [2.24, 2.45) is 0 Å². The maximum absolute atomic E-state index is 9.90. The first-order valence-corrected chi connectivity index (χ1v) is 7.40. The van der Waals surface area contributed by atoms with E-state index in [9.17, 15) is 5.11 Å². The molecule has 0 saturated carbocycles. The van der Waals surface area contributed by atoms with E-state index in [0.29, 0.717) is 0 Å². The molecule has 0 aromatic heterocycles. The molecule has 0 aliphatic rings. The zero-order valence-electron chi connectivity index (χ0n) is 14.0. The Morgan fingerprint density at radius 1 is 0.773 bits per heavy atom. The molecule has 0 aliphatic heterocycles. The molecule has 0 atom stereocenters. The lowest BCUT2D eigenvalue weighted by Gasteiger charge is -2.19. The van der Waals surface area contributed by atoms with Gasteiger partial charge in [0.1, 0.15) is 0 Å². The first-order valence-electron chi connectivity index (χ1n) is 7.40. The van der Waals surface area contributed by atoms with Crippen LogP contribution in [-0.4, -0.2) is 22.4 Å². The molecule has 0 heterocycles. The molecule has 0 fully saturated rings. The molecule has 0 amide bonds. The monoisotopic (exact) mass is 300 g/mol. The van der Waals surface area contributed by atoms with Gasteiger partial charge in [-0.1, -0.05) is 72.9 Å². The highest BCUT2D eigenvalue weighted by molar-refractivity contribution is 5.30. The number of rotatable bonds is 8. The predicted octanol–water partition coefficient (Wildman–Crippen LogP) is 4.42. The zero-order chi connectivity index (χ0) is 16.8. The van der Waals surface area contributed by atoms with Crippen molar-refractivity contribution >= 4 is 0 Å². The van der Waals surface area contributed by atoms with Crippen LogP contribution in [0.5, 0.6) is 0 Å². The average Bonchev–Trinajstić information content (AvgIpc) is 2.46. The first kappa shape index (κ1) is 20.1. The predicted molar refractivity (Wildman–Crippen MR) is 96.6 cm³/mol. The number of hydrogen-bond donors (Lipinski definition) is 2. The molecule has 2 N–H and O–H groups in total. The summed E-state index contributed by atoms with van der Waals surface area (Å²) in [7, 11) is 0. The third kappa shape index (κ3) is 10.8. The van der Waals surface area contributed by atoms with Crippen LogP contribution in [0.4, 0.5) is 0 Å². The molecule has 2 nitrogen and oxygen atoms in total. The zero-order valence-corrected chi connectivity index (χ0v) is 14.0. The van der Waals surface area contributed by atoms with Crippen LogP contribution in [0.15, 0.2) is 84.1 Å². The Morgan fingerprint density at radius 2 is 1.18 bits per heavy atom. The summed E-state index contributed by atoms with van der Waals surface area (Å²) < 4.78 is 0. The minimum atomic E-state index is -0.775. The largest absolute Gasteiger partial charge is 0.392 e. The van der Waals surface area contributed by atoms with E-state index in [4.69, 9.17) is 5.11 Å². The molecule has 0 bridgehead atoms. The first-order chi connectivity index (χ1) is 10.4. The molecule has 0 unspecified atom stereocenters. The minimum absolute atomic E-state index is 0.0657. The summed E-state index contributed by atoms with van der Waals surface area (Å²) in [6, 6.07) is 0. The van der Waals surface area contributed by atoms with E-state index in [1.165, 1.54) is 0 Å². The SMILES string of the molecule is CC(C=CC=CC=CC=CC=CC=CCO)=C(C)C(C)(C)O. The van der Waals surface area contributed by atoms with E-state index in [1.54, 1.807) is 26.0 Å². The Morgan fingerprint density at radius 3 is 1.59 bits per heavy atom. The Bertz CT molecular complexity index is 504. The Balaban J connectivity index is 4.28. The normalized spacial score (nSPS) is 15.5. The second kappa shape index (κ2) is 11.7. The fraction of sp³-hybridized carbons (Fsp3) is 0.300. The van der Waals surface area contributed by atoms with E-state index < -0.39 is 5.60 Å². The van der Waals surface area contributed by atoms with E-state index in [1.807, 2.05) is 74.6 Å². The van der Waals surface area contributed by atoms with Crippen LogP contribution in [0.1, 0.15) is 27.7 Å². The van der Waals surface area contributed by atoms with Crippen molar-refractivity contribution in [3.05, 3.63) is 84.1 Å². The number of aliphatic hydroxyl groups is 2. The lowest BCUT2D eigenvalue weighted by atomic mass is 9.95. The fourth-order valence-corrected chi connectivity index (χ4v) is 1.46. The summed E-state index contributed by atoms with van der Waals surface area (Å²) >= 11 is 0. The van der Waals surface area contributed by atoms with Gasteiger partial charge < -0.3 is 10.2 Å². The molecule has 0 saturated heterocycles. The van der Waals surface area contributed by atoms with E-state index in [-0.39, 0.29) is 6.61 Å². The molecular formula is C20H28O2. The molecule has 0 rings (SSSR count). The molecule has 22 heavy (non-hydrogen) atoms. The standard InChI is InChI=1S/C20H28O2/c1-18(19(2)20(3,4)22)16-14-12-10-8-6-5-7-9-11-13-15-17-21/h5-16,21-22H,17H2,1-4H3. The number of aliphatic hydroxyl groups excluding tert-OH is 1. The van der Waals surface area contributed by atoms with Crippen molar-refractivity contribution in [3.63, 3.8) is 0 Å². The smallest absolute Gasteiger partial charge is 0.0803 e. The van der Waals surface area contributed by atoms with Gasteiger partial charge in [-0.15, -0.1) is 0 Å². The second-order valence-corrected chi connectivity index (χ2v) is 5.38. The van der Waals surface area contributed by atoms with Crippen LogP contribution in [-0.2, 0) is 0 Å². The molecule has 0 aromatic carbocycles. The lowest BCUT2D eigenvalue weighted by Crippen LogP contribution is -2.20. The molecule has 2 heteroatoms. The Hall–Kier alpha value is -1.90. The molecule has 0 radical (unpaired) electrons. The fourth-order valence-electron chi connectivity index (χ4n) is 1.46. The highest BCUT2D eigenvalue weighted by Gasteiger charge is 2.15. The maximum Gasteiger partial charge on any atom is 0.0803 e. The van der Waals surface area contributed by atoms with Gasteiger partial charge in [0.2, 0.25) is 0 Å². The van der Waals surface area contributed by atoms with Gasteiger partial charge in [-0.3, -0.25) is 0 Å². The summed E-state index contributed by atoms with van der Waals surface area (Å²) in [5.41, 5.74) is 1.27. The Labute approximate surface area is 134 Å². The van der Waals surface area contributed by atoms with Crippen LogP contribution >= 0.6 is 0 Å². The van der Waals surface area contributed by atoms with Gasteiger partial charge in [0, 0.05) is 0 Å². The van der Waals surface area contributed by atoms with Crippen LogP contribution in [0.2, 0.25) is 0 Å². The van der Waals surface area contributed by atoms with Crippen molar-refractivity contribution < 1.29 is 10.2 Å². The van der Waals surface area contributed by atoms with Gasteiger partial charge in [0.05, 0.1) is 12.2 Å². The summed E-state index contributed by atoms with van der Waals surface area (Å²) in [4.78, 5) is 0. The highest BCUT2D eigenvalue weighted by atomic mass is 16.3. The maximum atomic E-state index is 9.90. The topological polar surface area (TPSA) is 40.5 Å². The Kier molecular flexibility index (Phi) is 10.7. The molecule has 0 spiro atoms. The molecular weight excluding hydrogens is 272 g/mol. The van der Waals surface area contributed by atoms with Gasteiger partial charge in [-0.25, -0.2) is 0 Å². The molecule has 0 aromatic rings. The minimum Gasteiger partial charge on any atom is -0.392 e. The van der Waals surface area contributed by atoms with Gasteiger partial charge >= 0.3 is 0 Å². The average molecular weight is 300 g/mol. The highest BCUT2D eigenvalue weighted by Crippen LogP contribution is 2.19. The van der Waals surface area contributed by atoms with E-state index in [0.717, 1.165) is 11.1 Å². The number of hydrogen-bond acceptors (Lipinski definition) is 2. The van der Waals surface area contributed by atoms with Crippen molar-refractivity contribution in [1.82, 2.24) is 0 Å². The summed E-state index contributed by atoms with van der Waals surface area (Å²) in [5.74, 6) is 0. The van der Waals surface area contributed by atoms with Crippen molar-refractivity contribution in [2.75, 3.05) is 6.61 Å². The number of allylic oxidation sites excluding steroid dienone is 12. The summed E-state index contributed by atoms with van der Waals surface area (Å²) in [6.07, 6.45) is 22.8. The van der Waals surface area contributed by atoms with Crippen LogP contribution in [0.25, 0.3) is 0 Å². The van der Waals surface area contributed by atoms with Crippen molar-refractivity contribution in [2.45, 2.75) is 33.3 Å². The second-order valence-electron chi connectivity index (χ2n) is 5.38. The van der Waals surface area contributed by atoms with Crippen molar-refractivity contribution in [3.8, 4) is 0 Å². The van der Waals surface area contributed by atoms with Crippen LogP contribution in [0.3, 0.4) is 0 Å².